The van der Waals surface area contributed by atoms with Crippen LogP contribution in [0.25, 0.3) is 0 Å². The summed E-state index contributed by atoms with van der Waals surface area (Å²) >= 11 is 0. The van der Waals surface area contributed by atoms with Crippen LogP contribution in [0.15, 0.2) is 29.3 Å². The lowest BCUT2D eigenvalue weighted by atomic mass is 10.1. The van der Waals surface area contributed by atoms with Gasteiger partial charge >= 0.3 is 0 Å². The number of rotatable bonds is 9. The van der Waals surface area contributed by atoms with E-state index in [4.69, 9.17) is 9.47 Å². The summed E-state index contributed by atoms with van der Waals surface area (Å²) in [7, 11) is 4.92. The van der Waals surface area contributed by atoms with Crippen LogP contribution >= 0.6 is 0 Å². The highest BCUT2D eigenvalue weighted by atomic mass is 16.5. The van der Waals surface area contributed by atoms with Crippen molar-refractivity contribution in [3.63, 3.8) is 0 Å². The number of ether oxygens (including phenoxy) is 2. The van der Waals surface area contributed by atoms with Gasteiger partial charge in [0.05, 0.1) is 20.3 Å². The Bertz CT molecular complexity index is 506. The molecular weight excluding hydrogens is 296 g/mol. The first-order valence-electron chi connectivity index (χ1n) is 7.53. The number of nitrogens with one attached hydrogen (secondary N) is 3. The topological polar surface area (TPSA) is 84.0 Å². The van der Waals surface area contributed by atoms with Gasteiger partial charge in [0.1, 0.15) is 5.75 Å². The lowest BCUT2D eigenvalue weighted by molar-refractivity contribution is -0.120. The SMILES string of the molecule is CN=C(NCCc1ccccc1OC)NCC(=O)NCCOC. The molecular formula is C16H26N4O3. The average Bonchev–Trinajstić information content (AvgIpc) is 2.58. The zero-order valence-electron chi connectivity index (χ0n) is 14.0. The van der Waals surface area contributed by atoms with Gasteiger partial charge in [0.25, 0.3) is 0 Å². The maximum atomic E-state index is 11.6. The van der Waals surface area contributed by atoms with Crippen LogP contribution < -0.4 is 20.7 Å². The molecule has 7 heteroatoms. The molecule has 0 heterocycles. The van der Waals surface area contributed by atoms with E-state index in [1.165, 1.54) is 0 Å². The third kappa shape index (κ3) is 7.51. The summed E-state index contributed by atoms with van der Waals surface area (Å²) in [6.07, 6.45) is 0.796. The first kappa shape index (κ1) is 18.8. The van der Waals surface area contributed by atoms with Crippen molar-refractivity contribution in [2.45, 2.75) is 6.42 Å². The Kier molecular flexibility index (Phi) is 9.23. The number of hydrogen-bond donors (Lipinski definition) is 3. The molecule has 128 valence electrons. The summed E-state index contributed by atoms with van der Waals surface area (Å²) < 4.78 is 10.2. The number of hydrogen-bond acceptors (Lipinski definition) is 4. The standard InChI is InChI=1S/C16H26N4O3/c1-17-16(20-12-15(21)18-10-11-22-2)19-9-8-13-6-4-5-7-14(13)23-3/h4-7H,8-12H2,1-3H3,(H,18,21)(H2,17,19,20). The van der Waals surface area contributed by atoms with Crippen molar-refractivity contribution in [3.05, 3.63) is 29.8 Å². The summed E-state index contributed by atoms with van der Waals surface area (Å²) in [5.74, 6) is 1.35. The normalized spacial score (nSPS) is 11.0. The molecule has 0 saturated heterocycles. The molecule has 0 radical (unpaired) electrons. The molecule has 0 aliphatic heterocycles. The number of aliphatic imine (C=N–C) groups is 1. The molecule has 1 aromatic rings. The van der Waals surface area contributed by atoms with E-state index < -0.39 is 0 Å². The first-order valence-corrected chi connectivity index (χ1v) is 7.53. The van der Waals surface area contributed by atoms with Crippen LogP contribution in [-0.2, 0) is 16.0 Å². The number of benzene rings is 1. The monoisotopic (exact) mass is 322 g/mol. The van der Waals surface area contributed by atoms with Gasteiger partial charge in [-0.2, -0.15) is 0 Å². The molecule has 1 aromatic carbocycles. The second-order valence-corrected chi connectivity index (χ2v) is 4.76. The molecule has 0 bridgehead atoms. The fourth-order valence-electron chi connectivity index (χ4n) is 1.96. The number of carbonyl (C=O) groups excluding carboxylic acids is 1. The predicted molar refractivity (Wildman–Crippen MR) is 90.9 cm³/mol. The Morgan fingerprint density at radius 2 is 1.91 bits per heavy atom. The van der Waals surface area contributed by atoms with Crippen molar-refractivity contribution in [1.29, 1.82) is 0 Å². The molecule has 7 nitrogen and oxygen atoms in total. The Hall–Kier alpha value is -2.28. The molecule has 0 atom stereocenters. The Balaban J connectivity index is 2.30. The van der Waals surface area contributed by atoms with Crippen molar-refractivity contribution in [1.82, 2.24) is 16.0 Å². The first-order chi connectivity index (χ1) is 11.2. The molecule has 1 rings (SSSR count). The van der Waals surface area contributed by atoms with Gasteiger partial charge in [0.15, 0.2) is 5.96 Å². The van der Waals surface area contributed by atoms with E-state index in [9.17, 15) is 4.79 Å². The van der Waals surface area contributed by atoms with Gasteiger partial charge < -0.3 is 25.4 Å². The Labute approximate surface area is 137 Å². The zero-order chi connectivity index (χ0) is 16.9. The number of nitrogens with zero attached hydrogens (tertiary/aromatic N) is 1. The molecule has 0 unspecified atom stereocenters. The lowest BCUT2D eigenvalue weighted by Gasteiger charge is -2.13. The minimum absolute atomic E-state index is 0.102. The van der Waals surface area contributed by atoms with Crippen molar-refractivity contribution >= 4 is 11.9 Å². The maximum Gasteiger partial charge on any atom is 0.239 e. The highest BCUT2D eigenvalue weighted by Gasteiger charge is 2.04. The largest absolute Gasteiger partial charge is 0.496 e. The van der Waals surface area contributed by atoms with E-state index in [0.717, 1.165) is 17.7 Å². The van der Waals surface area contributed by atoms with E-state index in [-0.39, 0.29) is 12.5 Å². The van der Waals surface area contributed by atoms with E-state index >= 15 is 0 Å². The summed E-state index contributed by atoms with van der Waals surface area (Å²) in [6.45, 7) is 1.85. The van der Waals surface area contributed by atoms with Crippen LogP contribution in [0, 0.1) is 0 Å². The number of para-hydroxylation sites is 1. The van der Waals surface area contributed by atoms with E-state index in [2.05, 4.69) is 20.9 Å². The highest BCUT2D eigenvalue weighted by Crippen LogP contribution is 2.17. The minimum atomic E-state index is -0.102. The number of methoxy groups -OCH3 is 2. The molecule has 3 N–H and O–H groups in total. The van der Waals surface area contributed by atoms with Crippen LogP contribution in [0.5, 0.6) is 5.75 Å². The van der Waals surface area contributed by atoms with Crippen LogP contribution in [0.1, 0.15) is 5.56 Å². The summed E-state index contributed by atoms with van der Waals surface area (Å²) in [5.41, 5.74) is 1.12. The fourth-order valence-corrected chi connectivity index (χ4v) is 1.96. The maximum absolute atomic E-state index is 11.6. The molecule has 0 fully saturated rings. The third-order valence-electron chi connectivity index (χ3n) is 3.15. The Morgan fingerprint density at radius 3 is 2.61 bits per heavy atom. The average molecular weight is 322 g/mol. The zero-order valence-corrected chi connectivity index (χ0v) is 14.0. The summed E-state index contributed by atoms with van der Waals surface area (Å²) in [6, 6.07) is 7.89. The van der Waals surface area contributed by atoms with E-state index in [1.54, 1.807) is 21.3 Å². The van der Waals surface area contributed by atoms with E-state index in [1.807, 2.05) is 24.3 Å². The van der Waals surface area contributed by atoms with Crippen molar-refractivity contribution in [3.8, 4) is 5.75 Å². The molecule has 0 saturated carbocycles. The van der Waals surface area contributed by atoms with Gasteiger partial charge in [-0.3, -0.25) is 9.79 Å². The highest BCUT2D eigenvalue weighted by molar-refractivity contribution is 5.86. The molecule has 1 amide bonds. The third-order valence-corrected chi connectivity index (χ3v) is 3.15. The van der Waals surface area contributed by atoms with Crippen LogP contribution in [0.2, 0.25) is 0 Å². The van der Waals surface area contributed by atoms with Gasteiger partial charge in [-0.15, -0.1) is 0 Å². The van der Waals surface area contributed by atoms with Gasteiger partial charge in [0, 0.05) is 27.2 Å². The second kappa shape index (κ2) is 11.3. The molecule has 23 heavy (non-hydrogen) atoms. The predicted octanol–water partition coefficient (Wildman–Crippen LogP) is 0.165. The molecule has 0 aliphatic rings. The van der Waals surface area contributed by atoms with Crippen molar-refractivity contribution in [2.75, 3.05) is 47.5 Å². The van der Waals surface area contributed by atoms with E-state index in [0.29, 0.717) is 25.7 Å². The second-order valence-electron chi connectivity index (χ2n) is 4.76. The van der Waals surface area contributed by atoms with Crippen LogP contribution in [0.4, 0.5) is 0 Å². The fraction of sp³-hybridized carbons (Fsp3) is 0.500. The van der Waals surface area contributed by atoms with Crippen LogP contribution in [-0.4, -0.2) is 59.4 Å². The van der Waals surface area contributed by atoms with Gasteiger partial charge in [-0.1, -0.05) is 18.2 Å². The smallest absolute Gasteiger partial charge is 0.239 e. The van der Waals surface area contributed by atoms with Gasteiger partial charge in [-0.25, -0.2) is 0 Å². The number of guanidine groups is 1. The molecule has 0 aromatic heterocycles. The molecule has 0 aliphatic carbocycles. The summed E-state index contributed by atoms with van der Waals surface area (Å²) in [4.78, 5) is 15.7. The van der Waals surface area contributed by atoms with Crippen LogP contribution in [0.3, 0.4) is 0 Å². The lowest BCUT2D eigenvalue weighted by Crippen LogP contribution is -2.44. The van der Waals surface area contributed by atoms with Crippen molar-refractivity contribution in [2.24, 2.45) is 4.99 Å². The van der Waals surface area contributed by atoms with Gasteiger partial charge in [0.2, 0.25) is 5.91 Å². The molecule has 0 spiro atoms. The number of amides is 1. The number of carbonyl (C=O) groups is 1. The minimum Gasteiger partial charge on any atom is -0.496 e. The quantitative estimate of drug-likeness (QED) is 0.343. The van der Waals surface area contributed by atoms with Gasteiger partial charge in [-0.05, 0) is 18.1 Å². The summed E-state index contributed by atoms with van der Waals surface area (Å²) in [5, 5.41) is 8.87. The Morgan fingerprint density at radius 1 is 1.13 bits per heavy atom. The van der Waals surface area contributed by atoms with Crippen molar-refractivity contribution < 1.29 is 14.3 Å².